The number of nitrogens with one attached hydrogen (secondary N) is 2. The van der Waals surface area contributed by atoms with Gasteiger partial charge in [0, 0.05) is 22.7 Å². The van der Waals surface area contributed by atoms with Crippen molar-refractivity contribution in [2.75, 3.05) is 18.4 Å². The van der Waals surface area contributed by atoms with Crippen LogP contribution in [-0.2, 0) is 6.42 Å². The molecule has 1 unspecified atom stereocenters. The van der Waals surface area contributed by atoms with Gasteiger partial charge in [-0.15, -0.1) is 0 Å². The zero-order valence-corrected chi connectivity index (χ0v) is 11.3. The predicted octanol–water partition coefficient (Wildman–Crippen LogP) is 3.18. The summed E-state index contributed by atoms with van der Waals surface area (Å²) in [6.45, 7) is 4.45. The molecular formula is C13H19BrN2. The Kier molecular flexibility index (Phi) is 4.24. The lowest BCUT2D eigenvalue weighted by Gasteiger charge is -2.26. The highest BCUT2D eigenvalue weighted by molar-refractivity contribution is 9.10. The van der Waals surface area contributed by atoms with Crippen molar-refractivity contribution in [3.63, 3.8) is 0 Å². The van der Waals surface area contributed by atoms with Gasteiger partial charge in [-0.25, -0.2) is 0 Å². The minimum atomic E-state index is 0.584. The Labute approximate surface area is 106 Å². The van der Waals surface area contributed by atoms with E-state index in [-0.39, 0.29) is 0 Å². The fourth-order valence-corrected chi connectivity index (χ4v) is 2.60. The number of hydrogen-bond donors (Lipinski definition) is 2. The van der Waals surface area contributed by atoms with Crippen LogP contribution in [0.2, 0.25) is 0 Å². The number of hydrogen-bond acceptors (Lipinski definition) is 2. The van der Waals surface area contributed by atoms with E-state index >= 15 is 0 Å². The van der Waals surface area contributed by atoms with E-state index in [2.05, 4.69) is 51.7 Å². The van der Waals surface area contributed by atoms with Gasteiger partial charge in [0.15, 0.2) is 0 Å². The molecule has 0 aliphatic carbocycles. The molecule has 3 heteroatoms. The van der Waals surface area contributed by atoms with E-state index in [1.165, 1.54) is 30.6 Å². The topological polar surface area (TPSA) is 24.1 Å². The highest BCUT2D eigenvalue weighted by Crippen LogP contribution is 2.23. The second-order valence-electron chi connectivity index (χ2n) is 4.34. The first kappa shape index (κ1) is 11.9. The van der Waals surface area contributed by atoms with Crippen molar-refractivity contribution in [2.24, 2.45) is 0 Å². The van der Waals surface area contributed by atoms with Crippen LogP contribution in [-0.4, -0.2) is 19.1 Å². The van der Waals surface area contributed by atoms with Crippen molar-refractivity contribution in [1.82, 2.24) is 5.32 Å². The van der Waals surface area contributed by atoms with Crippen molar-refractivity contribution in [2.45, 2.75) is 32.2 Å². The quantitative estimate of drug-likeness (QED) is 0.890. The van der Waals surface area contributed by atoms with Crippen LogP contribution in [0.3, 0.4) is 0 Å². The van der Waals surface area contributed by atoms with Gasteiger partial charge in [0.25, 0.3) is 0 Å². The van der Waals surface area contributed by atoms with E-state index in [0.29, 0.717) is 6.04 Å². The van der Waals surface area contributed by atoms with Crippen molar-refractivity contribution in [3.05, 3.63) is 28.2 Å². The van der Waals surface area contributed by atoms with Gasteiger partial charge in [-0.2, -0.15) is 0 Å². The summed E-state index contributed by atoms with van der Waals surface area (Å²) in [7, 11) is 0. The monoisotopic (exact) mass is 282 g/mol. The molecule has 2 rings (SSSR count). The molecule has 1 saturated heterocycles. The molecular weight excluding hydrogens is 264 g/mol. The van der Waals surface area contributed by atoms with Crippen LogP contribution in [0.25, 0.3) is 0 Å². The molecule has 1 heterocycles. The Morgan fingerprint density at radius 1 is 1.50 bits per heavy atom. The maximum absolute atomic E-state index is 3.64. The summed E-state index contributed by atoms with van der Waals surface area (Å²) in [6.07, 6.45) is 3.61. The molecule has 16 heavy (non-hydrogen) atoms. The minimum Gasteiger partial charge on any atom is -0.381 e. The molecule has 0 saturated carbocycles. The maximum atomic E-state index is 3.64. The van der Waals surface area contributed by atoms with Crippen molar-refractivity contribution < 1.29 is 0 Å². The van der Waals surface area contributed by atoms with E-state index < -0.39 is 0 Å². The van der Waals surface area contributed by atoms with E-state index in [4.69, 9.17) is 0 Å². The molecule has 0 radical (unpaired) electrons. The van der Waals surface area contributed by atoms with Crippen LogP contribution < -0.4 is 10.6 Å². The molecule has 0 aromatic heterocycles. The van der Waals surface area contributed by atoms with Gasteiger partial charge in [-0.05, 0) is 49.6 Å². The van der Waals surface area contributed by atoms with Gasteiger partial charge >= 0.3 is 0 Å². The first-order valence-corrected chi connectivity index (χ1v) is 6.84. The number of anilines is 1. The van der Waals surface area contributed by atoms with Crippen LogP contribution in [0.1, 0.15) is 25.3 Å². The highest BCUT2D eigenvalue weighted by atomic mass is 79.9. The molecule has 1 aromatic rings. The van der Waals surface area contributed by atoms with Gasteiger partial charge in [-0.3, -0.25) is 0 Å². The predicted molar refractivity (Wildman–Crippen MR) is 73.0 cm³/mol. The molecule has 1 fully saturated rings. The van der Waals surface area contributed by atoms with Gasteiger partial charge in [0.1, 0.15) is 0 Å². The average Bonchev–Trinajstić information content (AvgIpc) is 2.33. The fourth-order valence-electron chi connectivity index (χ4n) is 2.19. The Hall–Kier alpha value is -0.540. The van der Waals surface area contributed by atoms with Crippen LogP contribution in [0.5, 0.6) is 0 Å². The second kappa shape index (κ2) is 5.69. The molecule has 1 aromatic carbocycles. The first-order valence-electron chi connectivity index (χ1n) is 6.05. The lowest BCUT2D eigenvalue weighted by molar-refractivity contribution is 0.479. The second-order valence-corrected chi connectivity index (χ2v) is 5.26. The molecule has 2 nitrogen and oxygen atoms in total. The average molecular weight is 283 g/mol. The largest absolute Gasteiger partial charge is 0.381 e. The maximum Gasteiger partial charge on any atom is 0.0386 e. The molecule has 0 spiro atoms. The summed E-state index contributed by atoms with van der Waals surface area (Å²) in [5, 5.41) is 7.08. The highest BCUT2D eigenvalue weighted by Gasteiger charge is 2.13. The summed E-state index contributed by atoms with van der Waals surface area (Å²) >= 11 is 3.52. The third-order valence-corrected chi connectivity index (χ3v) is 3.60. The van der Waals surface area contributed by atoms with Crippen molar-refractivity contribution in [1.29, 1.82) is 0 Å². The van der Waals surface area contributed by atoms with Crippen LogP contribution in [0.15, 0.2) is 22.7 Å². The molecule has 88 valence electrons. The Morgan fingerprint density at radius 3 is 3.06 bits per heavy atom. The summed E-state index contributed by atoms with van der Waals surface area (Å²) in [4.78, 5) is 0. The summed E-state index contributed by atoms with van der Waals surface area (Å²) in [5.74, 6) is 0. The third-order valence-electron chi connectivity index (χ3n) is 3.10. The molecule has 1 aliphatic heterocycles. The van der Waals surface area contributed by atoms with Crippen molar-refractivity contribution >= 4 is 21.6 Å². The van der Waals surface area contributed by atoms with E-state index in [9.17, 15) is 0 Å². The lowest BCUT2D eigenvalue weighted by Crippen LogP contribution is -2.38. The molecule has 0 amide bonds. The molecule has 1 aliphatic rings. The van der Waals surface area contributed by atoms with E-state index in [1.807, 2.05) is 0 Å². The van der Waals surface area contributed by atoms with Gasteiger partial charge in [0.2, 0.25) is 0 Å². The number of piperidine rings is 1. The summed E-state index contributed by atoms with van der Waals surface area (Å²) in [6, 6.07) is 7.08. The van der Waals surface area contributed by atoms with Crippen LogP contribution in [0.4, 0.5) is 5.69 Å². The first-order chi connectivity index (χ1) is 7.79. The van der Waals surface area contributed by atoms with E-state index in [1.54, 1.807) is 0 Å². The van der Waals surface area contributed by atoms with Crippen molar-refractivity contribution in [3.8, 4) is 0 Å². The van der Waals surface area contributed by atoms with Gasteiger partial charge < -0.3 is 10.6 Å². The number of halogens is 1. The Morgan fingerprint density at radius 2 is 2.38 bits per heavy atom. The SMILES string of the molecule is CCc1cc(Br)ccc1NC1CCCNC1. The minimum absolute atomic E-state index is 0.584. The normalized spacial score (nSPS) is 20.8. The van der Waals surface area contributed by atoms with E-state index in [0.717, 1.165) is 17.4 Å². The third kappa shape index (κ3) is 2.98. The standard InChI is InChI=1S/C13H19BrN2/c1-2-10-8-11(14)5-6-13(10)16-12-4-3-7-15-9-12/h5-6,8,12,15-16H,2-4,7,9H2,1H3. The summed E-state index contributed by atoms with van der Waals surface area (Å²) in [5.41, 5.74) is 2.68. The van der Waals surface area contributed by atoms with Gasteiger partial charge in [-0.1, -0.05) is 22.9 Å². The molecule has 2 N–H and O–H groups in total. The number of rotatable bonds is 3. The van der Waals surface area contributed by atoms with Crippen LogP contribution >= 0.6 is 15.9 Å². The Balaban J connectivity index is 2.07. The fraction of sp³-hybridized carbons (Fsp3) is 0.538. The number of aryl methyl sites for hydroxylation is 1. The lowest BCUT2D eigenvalue weighted by atomic mass is 10.1. The zero-order chi connectivity index (χ0) is 11.4. The number of benzene rings is 1. The summed E-state index contributed by atoms with van der Waals surface area (Å²) < 4.78 is 1.16. The zero-order valence-electron chi connectivity index (χ0n) is 9.72. The van der Waals surface area contributed by atoms with Crippen LogP contribution in [0, 0.1) is 0 Å². The molecule has 0 bridgehead atoms. The molecule has 1 atom stereocenters. The Bertz CT molecular complexity index is 346. The smallest absolute Gasteiger partial charge is 0.0386 e. The van der Waals surface area contributed by atoms with Gasteiger partial charge in [0.05, 0.1) is 0 Å².